The second-order valence-electron chi connectivity index (χ2n) is 6.03. The lowest BCUT2D eigenvalue weighted by Crippen LogP contribution is -2.30. The Bertz CT molecular complexity index is 1080. The standard InChI is InChI=1S/C20H16N2O6/c1-12(19(24)21-16-8-4-5-9-17(16)22(26)27)28-20(25)15-10-13-6-2-3-7-14(13)11-18(15)23/h2-12,23H,1H3,(H,21,24)/t12-/m1/s1. The minimum Gasteiger partial charge on any atom is -0.507 e. The molecule has 0 aliphatic rings. The maximum Gasteiger partial charge on any atom is 0.342 e. The average Bonchev–Trinajstić information content (AvgIpc) is 2.67. The number of nitro groups is 1. The van der Waals surface area contributed by atoms with Gasteiger partial charge in [0, 0.05) is 6.07 Å². The van der Waals surface area contributed by atoms with Crippen LogP contribution in [0.2, 0.25) is 0 Å². The first-order chi connectivity index (χ1) is 13.4. The molecule has 1 atom stereocenters. The molecule has 8 heteroatoms. The summed E-state index contributed by atoms with van der Waals surface area (Å²) in [6.07, 6.45) is -1.24. The molecule has 0 fully saturated rings. The van der Waals surface area contributed by atoms with Crippen LogP contribution in [0.15, 0.2) is 60.7 Å². The van der Waals surface area contributed by atoms with E-state index in [1.54, 1.807) is 24.3 Å². The van der Waals surface area contributed by atoms with Crippen LogP contribution in [-0.2, 0) is 9.53 Å². The van der Waals surface area contributed by atoms with E-state index < -0.39 is 22.9 Å². The molecule has 28 heavy (non-hydrogen) atoms. The minimum absolute atomic E-state index is 0.00560. The number of aromatic hydroxyl groups is 1. The monoisotopic (exact) mass is 380 g/mol. The van der Waals surface area contributed by atoms with Gasteiger partial charge in [-0.2, -0.15) is 0 Å². The summed E-state index contributed by atoms with van der Waals surface area (Å²) in [7, 11) is 0. The molecule has 0 aliphatic heterocycles. The van der Waals surface area contributed by atoms with Crippen LogP contribution in [-0.4, -0.2) is 28.0 Å². The van der Waals surface area contributed by atoms with E-state index in [1.807, 2.05) is 0 Å². The molecule has 0 radical (unpaired) electrons. The van der Waals surface area contributed by atoms with Crippen LogP contribution in [0.3, 0.4) is 0 Å². The fourth-order valence-electron chi connectivity index (χ4n) is 2.64. The number of anilines is 1. The van der Waals surface area contributed by atoms with Crippen LogP contribution in [0.4, 0.5) is 11.4 Å². The van der Waals surface area contributed by atoms with Gasteiger partial charge in [-0.05, 0) is 35.9 Å². The number of rotatable bonds is 5. The number of phenolic OH excluding ortho intramolecular Hbond substituents is 1. The Balaban J connectivity index is 1.75. The molecule has 0 saturated heterocycles. The quantitative estimate of drug-likeness (QED) is 0.396. The predicted octanol–water partition coefficient (Wildman–Crippen LogP) is 3.64. The summed E-state index contributed by atoms with van der Waals surface area (Å²) in [6.45, 7) is 1.33. The summed E-state index contributed by atoms with van der Waals surface area (Å²) in [6, 6.07) is 15.7. The van der Waals surface area contributed by atoms with E-state index in [-0.39, 0.29) is 22.7 Å². The van der Waals surface area contributed by atoms with Gasteiger partial charge in [0.25, 0.3) is 11.6 Å². The smallest absolute Gasteiger partial charge is 0.342 e. The normalized spacial score (nSPS) is 11.6. The first kappa shape index (κ1) is 18.8. The Morgan fingerprint density at radius 3 is 2.36 bits per heavy atom. The zero-order chi connectivity index (χ0) is 20.3. The molecule has 3 aromatic carbocycles. The molecule has 1 amide bonds. The Morgan fingerprint density at radius 1 is 1.07 bits per heavy atom. The van der Waals surface area contributed by atoms with E-state index in [0.717, 1.165) is 10.8 Å². The topological polar surface area (TPSA) is 119 Å². The van der Waals surface area contributed by atoms with Crippen LogP contribution in [0.5, 0.6) is 5.75 Å². The van der Waals surface area contributed by atoms with Crippen LogP contribution in [0.25, 0.3) is 10.8 Å². The summed E-state index contributed by atoms with van der Waals surface area (Å²) >= 11 is 0. The van der Waals surface area contributed by atoms with E-state index >= 15 is 0 Å². The maximum atomic E-state index is 12.4. The number of esters is 1. The number of nitrogens with zero attached hydrogens (tertiary/aromatic N) is 1. The van der Waals surface area contributed by atoms with Crippen molar-refractivity contribution < 1.29 is 24.4 Å². The van der Waals surface area contributed by atoms with Crippen LogP contribution < -0.4 is 5.32 Å². The number of nitrogens with one attached hydrogen (secondary N) is 1. The van der Waals surface area contributed by atoms with Gasteiger partial charge in [-0.1, -0.05) is 36.4 Å². The highest BCUT2D eigenvalue weighted by atomic mass is 16.6. The molecule has 0 bridgehead atoms. The van der Waals surface area contributed by atoms with Gasteiger partial charge in [-0.3, -0.25) is 14.9 Å². The number of carbonyl (C=O) groups excluding carboxylic acids is 2. The number of hydrogen-bond acceptors (Lipinski definition) is 6. The first-order valence-electron chi connectivity index (χ1n) is 8.34. The number of hydrogen-bond donors (Lipinski definition) is 2. The predicted molar refractivity (Wildman–Crippen MR) is 102 cm³/mol. The van der Waals surface area contributed by atoms with Crippen LogP contribution in [0, 0.1) is 10.1 Å². The van der Waals surface area contributed by atoms with Crippen molar-refractivity contribution in [1.29, 1.82) is 0 Å². The summed E-state index contributed by atoms with van der Waals surface area (Å²) in [5, 5.41) is 25.0. The molecule has 3 aromatic rings. The number of carbonyl (C=O) groups is 2. The summed E-state index contributed by atoms with van der Waals surface area (Å²) in [5.74, 6) is -1.88. The van der Waals surface area contributed by atoms with Crippen LogP contribution in [0.1, 0.15) is 17.3 Å². The van der Waals surface area contributed by atoms with Crippen molar-refractivity contribution in [3.8, 4) is 5.75 Å². The Labute approximate surface area is 159 Å². The van der Waals surface area contributed by atoms with Gasteiger partial charge >= 0.3 is 5.97 Å². The third kappa shape index (κ3) is 3.90. The fraction of sp³-hybridized carbons (Fsp3) is 0.100. The van der Waals surface area contributed by atoms with E-state index in [4.69, 9.17) is 4.74 Å². The van der Waals surface area contributed by atoms with Crippen molar-refractivity contribution >= 4 is 34.0 Å². The maximum absolute atomic E-state index is 12.4. The number of nitro benzene ring substituents is 1. The number of phenols is 1. The van der Waals surface area contributed by atoms with Gasteiger partial charge in [0.1, 0.15) is 17.0 Å². The number of benzene rings is 3. The third-order valence-corrected chi connectivity index (χ3v) is 4.10. The lowest BCUT2D eigenvalue weighted by Gasteiger charge is -2.14. The number of amides is 1. The molecule has 0 heterocycles. The van der Waals surface area contributed by atoms with Crippen molar-refractivity contribution in [2.75, 3.05) is 5.32 Å². The lowest BCUT2D eigenvalue weighted by atomic mass is 10.1. The SMILES string of the molecule is C[C@@H](OC(=O)c1cc2ccccc2cc1O)C(=O)Nc1ccccc1[N+](=O)[O-]. The number of ether oxygens (including phenoxy) is 1. The van der Waals surface area contributed by atoms with Gasteiger partial charge in [0.15, 0.2) is 6.10 Å². The summed E-state index contributed by atoms with van der Waals surface area (Å²) in [4.78, 5) is 35.1. The van der Waals surface area contributed by atoms with E-state index in [0.29, 0.717) is 0 Å². The molecule has 8 nitrogen and oxygen atoms in total. The van der Waals surface area contributed by atoms with Crippen molar-refractivity contribution in [3.05, 3.63) is 76.3 Å². The van der Waals surface area contributed by atoms with Crippen molar-refractivity contribution in [1.82, 2.24) is 0 Å². The van der Waals surface area contributed by atoms with E-state index in [1.165, 1.54) is 43.3 Å². The highest BCUT2D eigenvalue weighted by Gasteiger charge is 2.23. The summed E-state index contributed by atoms with van der Waals surface area (Å²) < 4.78 is 5.12. The molecule has 0 saturated carbocycles. The largest absolute Gasteiger partial charge is 0.507 e. The van der Waals surface area contributed by atoms with Gasteiger partial charge in [-0.25, -0.2) is 4.79 Å². The second kappa shape index (κ2) is 7.75. The first-order valence-corrected chi connectivity index (χ1v) is 8.34. The molecule has 142 valence electrons. The average molecular weight is 380 g/mol. The van der Waals surface area contributed by atoms with Crippen LogP contribution >= 0.6 is 0 Å². The molecular weight excluding hydrogens is 364 g/mol. The van der Waals surface area contributed by atoms with Crippen molar-refractivity contribution in [2.24, 2.45) is 0 Å². The fourth-order valence-corrected chi connectivity index (χ4v) is 2.64. The molecular formula is C20H16N2O6. The molecule has 3 rings (SSSR count). The Morgan fingerprint density at radius 2 is 1.68 bits per heavy atom. The Hall–Kier alpha value is -3.94. The van der Waals surface area contributed by atoms with Gasteiger partial charge in [-0.15, -0.1) is 0 Å². The van der Waals surface area contributed by atoms with Gasteiger partial charge in [0.05, 0.1) is 4.92 Å². The minimum atomic E-state index is -1.24. The summed E-state index contributed by atoms with van der Waals surface area (Å²) in [5.41, 5.74) is -0.362. The number of fused-ring (bicyclic) bond motifs is 1. The molecule has 0 spiro atoms. The molecule has 2 N–H and O–H groups in total. The lowest BCUT2D eigenvalue weighted by molar-refractivity contribution is -0.383. The van der Waals surface area contributed by atoms with E-state index in [9.17, 15) is 24.8 Å². The zero-order valence-electron chi connectivity index (χ0n) is 14.8. The van der Waals surface area contributed by atoms with Gasteiger partial charge < -0.3 is 15.2 Å². The van der Waals surface area contributed by atoms with Gasteiger partial charge in [0.2, 0.25) is 0 Å². The molecule has 0 unspecified atom stereocenters. The molecule has 0 aromatic heterocycles. The highest BCUT2D eigenvalue weighted by Crippen LogP contribution is 2.26. The van der Waals surface area contributed by atoms with E-state index in [2.05, 4.69) is 5.32 Å². The van der Waals surface area contributed by atoms with Crippen molar-refractivity contribution in [2.45, 2.75) is 13.0 Å². The van der Waals surface area contributed by atoms with Crippen molar-refractivity contribution in [3.63, 3.8) is 0 Å². The number of para-hydroxylation sites is 2. The third-order valence-electron chi connectivity index (χ3n) is 4.10. The molecule has 0 aliphatic carbocycles. The zero-order valence-corrected chi connectivity index (χ0v) is 14.8. The highest BCUT2D eigenvalue weighted by molar-refractivity contribution is 6.01. The second-order valence-corrected chi connectivity index (χ2v) is 6.03. The Kier molecular flexibility index (Phi) is 5.21.